The van der Waals surface area contributed by atoms with Crippen molar-refractivity contribution in [1.29, 1.82) is 0 Å². The molecule has 1 heterocycles. The summed E-state index contributed by atoms with van der Waals surface area (Å²) in [5, 5.41) is 22.9. The molecule has 5 aromatic rings. The van der Waals surface area contributed by atoms with E-state index in [4.69, 9.17) is 25.8 Å². The van der Waals surface area contributed by atoms with Crippen molar-refractivity contribution in [2.75, 3.05) is 13.2 Å². The quantitative estimate of drug-likeness (QED) is 0.0547. The summed E-state index contributed by atoms with van der Waals surface area (Å²) >= 11 is 5.91. The summed E-state index contributed by atoms with van der Waals surface area (Å²) in [6, 6.07) is 27.3. The highest BCUT2D eigenvalue weighted by Crippen LogP contribution is 2.38. The van der Waals surface area contributed by atoms with Gasteiger partial charge >= 0.3 is 11.9 Å². The number of esters is 2. The lowest BCUT2D eigenvalue weighted by Gasteiger charge is -2.24. The van der Waals surface area contributed by atoms with E-state index in [9.17, 15) is 29.0 Å². The van der Waals surface area contributed by atoms with Crippen LogP contribution in [-0.4, -0.2) is 63.5 Å². The lowest BCUT2D eigenvalue weighted by molar-refractivity contribution is -0.160. The average Bonchev–Trinajstić information content (AvgIpc) is 3.48. The van der Waals surface area contributed by atoms with E-state index in [2.05, 4.69) is 18.4 Å². The van der Waals surface area contributed by atoms with Gasteiger partial charge in [0.05, 0.1) is 31.8 Å². The van der Waals surface area contributed by atoms with Crippen LogP contribution >= 0.6 is 11.6 Å². The predicted molar refractivity (Wildman–Crippen MR) is 211 cm³/mol. The van der Waals surface area contributed by atoms with Gasteiger partial charge in [0.25, 0.3) is 0 Å². The van der Waals surface area contributed by atoms with Gasteiger partial charge in [-0.05, 0) is 106 Å². The van der Waals surface area contributed by atoms with Gasteiger partial charge in [0.1, 0.15) is 11.6 Å². The number of nitrogens with zero attached hydrogens (tertiary/aromatic N) is 1. The lowest BCUT2D eigenvalue weighted by Crippen LogP contribution is -2.40. The zero-order chi connectivity index (χ0) is 39.7. The van der Waals surface area contributed by atoms with E-state index in [0.29, 0.717) is 21.9 Å². The molecule has 0 amide bonds. The molecule has 0 bridgehead atoms. The number of aromatic nitrogens is 1. The fourth-order valence-corrected chi connectivity index (χ4v) is 6.31. The van der Waals surface area contributed by atoms with Gasteiger partial charge in [-0.2, -0.15) is 0 Å². The maximum atomic E-state index is 13.8. The summed E-state index contributed by atoms with van der Waals surface area (Å²) in [5.41, 5.74) is 3.14. The van der Waals surface area contributed by atoms with Crippen LogP contribution < -0.4 is 4.74 Å². The normalized spacial score (nSPS) is 12.9. The van der Waals surface area contributed by atoms with Crippen LogP contribution in [0.5, 0.6) is 5.75 Å². The Bertz CT molecular complexity index is 2120. The van der Waals surface area contributed by atoms with E-state index >= 15 is 0 Å². The minimum Gasteiger partial charge on any atom is -0.476 e. The van der Waals surface area contributed by atoms with Gasteiger partial charge in [-0.3, -0.25) is 9.59 Å². The number of carbonyl (C=O) groups is 3. The maximum absolute atomic E-state index is 13.8. The van der Waals surface area contributed by atoms with Crippen molar-refractivity contribution in [3.05, 3.63) is 131 Å². The van der Waals surface area contributed by atoms with E-state index in [1.54, 1.807) is 86.7 Å². The average molecular weight is 770 g/mol. The van der Waals surface area contributed by atoms with Crippen LogP contribution in [0.2, 0.25) is 5.02 Å². The van der Waals surface area contributed by atoms with Gasteiger partial charge in [-0.25, -0.2) is 9.18 Å². The van der Waals surface area contributed by atoms with E-state index in [1.165, 1.54) is 12.1 Å². The second-order valence-electron chi connectivity index (χ2n) is 14.0. The molecule has 0 saturated carbocycles. The van der Waals surface area contributed by atoms with Gasteiger partial charge in [-0.15, -0.1) is 0 Å². The van der Waals surface area contributed by atoms with Crippen LogP contribution in [0.25, 0.3) is 28.1 Å². The number of halogens is 2. The smallest absolute Gasteiger partial charge is 0.349 e. The minimum absolute atomic E-state index is 0.0352. The number of para-hydroxylation sites is 1. The van der Waals surface area contributed by atoms with Crippen molar-refractivity contribution in [3.63, 3.8) is 0 Å². The van der Waals surface area contributed by atoms with Crippen LogP contribution in [0.4, 0.5) is 4.39 Å². The first-order valence-electron chi connectivity index (χ1n) is 18.1. The second-order valence-corrected chi connectivity index (χ2v) is 14.4. The Kier molecular flexibility index (Phi) is 13.6. The summed E-state index contributed by atoms with van der Waals surface area (Å²) in [5.74, 6) is -1.43. The first-order valence-corrected chi connectivity index (χ1v) is 18.5. The fourth-order valence-electron chi connectivity index (χ4n) is 6.18. The third kappa shape index (κ3) is 10.7. The van der Waals surface area contributed by atoms with Crippen LogP contribution in [0.15, 0.2) is 103 Å². The highest BCUT2D eigenvalue weighted by Gasteiger charge is 2.32. The second kappa shape index (κ2) is 18.4. The third-order valence-corrected chi connectivity index (χ3v) is 9.11. The number of ketones is 1. The fraction of sp³-hybridized carbons (Fsp3) is 0.295. The minimum atomic E-state index is -1.34. The molecule has 9 nitrogen and oxygen atoms in total. The SMILES string of the molecule is CC(C)n1c(/C=C/C(O)CC(O)CC(=O)OCCCOC(=O)C(C)(C)Oc2ccc(C(=O)c3ccc(Cl)cc3)cc2)c(-c2ccc(F)cc2)c2ccccc21. The van der Waals surface area contributed by atoms with Crippen LogP contribution in [-0.2, 0) is 19.1 Å². The molecular weight excluding hydrogens is 725 g/mol. The van der Waals surface area contributed by atoms with E-state index in [0.717, 1.165) is 27.7 Å². The van der Waals surface area contributed by atoms with Crippen molar-refractivity contribution in [1.82, 2.24) is 4.57 Å². The molecule has 0 aliphatic carbocycles. The number of carbonyl (C=O) groups excluding carboxylic acids is 3. The third-order valence-electron chi connectivity index (χ3n) is 8.86. The molecule has 1 aromatic heterocycles. The first-order chi connectivity index (χ1) is 26.2. The Morgan fingerprint density at radius 2 is 1.47 bits per heavy atom. The van der Waals surface area contributed by atoms with E-state index in [-0.39, 0.29) is 50.1 Å². The van der Waals surface area contributed by atoms with Crippen molar-refractivity contribution >= 4 is 46.3 Å². The molecule has 0 fully saturated rings. The molecule has 288 valence electrons. The Morgan fingerprint density at radius 1 is 0.855 bits per heavy atom. The zero-order valence-electron chi connectivity index (χ0n) is 31.2. The van der Waals surface area contributed by atoms with Gasteiger partial charge in [0, 0.05) is 57.2 Å². The maximum Gasteiger partial charge on any atom is 0.349 e. The molecule has 55 heavy (non-hydrogen) atoms. The number of aliphatic hydroxyl groups is 2. The molecule has 0 saturated heterocycles. The number of fused-ring (bicyclic) bond motifs is 1. The van der Waals surface area contributed by atoms with Gasteiger partial charge in [0.15, 0.2) is 11.4 Å². The molecule has 2 unspecified atom stereocenters. The van der Waals surface area contributed by atoms with Gasteiger partial charge in [-0.1, -0.05) is 48.0 Å². The molecule has 0 aliphatic rings. The number of benzene rings is 4. The summed E-state index contributed by atoms with van der Waals surface area (Å²) in [6.07, 6.45) is 0.923. The number of aliphatic hydroxyl groups excluding tert-OH is 2. The van der Waals surface area contributed by atoms with Crippen molar-refractivity contribution in [3.8, 4) is 16.9 Å². The highest BCUT2D eigenvalue weighted by molar-refractivity contribution is 6.30. The first kappa shape index (κ1) is 40.9. The summed E-state index contributed by atoms with van der Waals surface area (Å²) in [4.78, 5) is 37.9. The number of hydrogen-bond donors (Lipinski definition) is 2. The molecule has 4 aromatic carbocycles. The molecule has 2 atom stereocenters. The number of ether oxygens (including phenoxy) is 3. The Hall–Kier alpha value is -5.29. The van der Waals surface area contributed by atoms with Crippen molar-refractivity contribution in [2.45, 2.75) is 70.8 Å². The predicted octanol–water partition coefficient (Wildman–Crippen LogP) is 8.76. The highest BCUT2D eigenvalue weighted by atomic mass is 35.5. The van der Waals surface area contributed by atoms with Crippen molar-refractivity contribution in [2.24, 2.45) is 0 Å². The van der Waals surface area contributed by atoms with Gasteiger partial charge < -0.3 is 29.0 Å². The van der Waals surface area contributed by atoms with E-state index in [1.807, 2.05) is 24.3 Å². The Balaban J connectivity index is 1.06. The Labute approximate surface area is 324 Å². The zero-order valence-corrected chi connectivity index (χ0v) is 32.0. The van der Waals surface area contributed by atoms with Gasteiger partial charge in [0.2, 0.25) is 0 Å². The molecule has 2 N–H and O–H groups in total. The summed E-state index contributed by atoms with van der Waals surface area (Å²) in [6.45, 7) is 7.15. The molecule has 0 spiro atoms. The molecule has 0 aliphatic heterocycles. The van der Waals surface area contributed by atoms with E-state index < -0.39 is 29.7 Å². The monoisotopic (exact) mass is 769 g/mol. The topological polar surface area (TPSA) is 124 Å². The standard InChI is InChI=1S/C44H45ClFNO8/c1-28(2)47-38-9-6-5-8-37(38)41(29-12-18-33(46)19-13-29)39(47)23-20-34(48)26-35(49)27-40(50)53-24-7-25-54-43(52)44(3,4)55-36-21-14-31(15-22-36)42(51)30-10-16-32(45)17-11-30/h5-6,8-23,28,34-35,48-49H,7,24-27H2,1-4H3/b23-20+. The number of hydrogen-bond acceptors (Lipinski definition) is 8. The summed E-state index contributed by atoms with van der Waals surface area (Å²) in [7, 11) is 0. The number of rotatable bonds is 17. The summed E-state index contributed by atoms with van der Waals surface area (Å²) < 4.78 is 32.3. The van der Waals surface area contributed by atoms with Crippen LogP contribution in [0.3, 0.4) is 0 Å². The molecule has 5 rings (SSSR count). The Morgan fingerprint density at radius 3 is 2.13 bits per heavy atom. The molecule has 0 radical (unpaired) electrons. The van der Waals surface area contributed by atoms with Crippen LogP contribution in [0.1, 0.15) is 74.6 Å². The van der Waals surface area contributed by atoms with Crippen LogP contribution in [0, 0.1) is 5.82 Å². The van der Waals surface area contributed by atoms with Crippen molar-refractivity contribution < 1.29 is 43.2 Å². The lowest BCUT2D eigenvalue weighted by atomic mass is 10.0. The largest absolute Gasteiger partial charge is 0.476 e. The molecule has 11 heteroatoms. The molecular formula is C44H45ClFNO8.